The molecule has 1 N–H and O–H groups in total. The second-order valence-corrected chi connectivity index (χ2v) is 5.28. The Balaban J connectivity index is 2.12. The van der Waals surface area contributed by atoms with Crippen LogP contribution in [0.25, 0.3) is 0 Å². The van der Waals surface area contributed by atoms with Crippen molar-refractivity contribution in [2.24, 2.45) is 0 Å². The number of carbonyl (C=O) groups excluding carboxylic acids is 2. The highest BCUT2D eigenvalue weighted by Crippen LogP contribution is 2.38. The Morgan fingerprint density at radius 3 is 2.70 bits per heavy atom. The minimum Gasteiger partial charge on any atom is -0.497 e. The maximum Gasteiger partial charge on any atom is 0.413 e. The summed E-state index contributed by atoms with van der Waals surface area (Å²) in [5, 5.41) is 2.18. The van der Waals surface area contributed by atoms with Gasteiger partial charge in [-0.2, -0.15) is 0 Å². The van der Waals surface area contributed by atoms with Crippen molar-refractivity contribution < 1.29 is 23.8 Å². The van der Waals surface area contributed by atoms with Gasteiger partial charge in [-0.05, 0) is 25.5 Å². The third-order valence-corrected chi connectivity index (χ3v) is 3.94. The van der Waals surface area contributed by atoms with Crippen LogP contribution in [0.5, 0.6) is 11.5 Å². The zero-order valence-corrected chi connectivity index (χ0v) is 13.6. The molecular weight excluding hydrogens is 300 g/mol. The Kier molecular flexibility index (Phi) is 5.81. The number of carbonyl (C=O) groups is 2. The van der Waals surface area contributed by atoms with Gasteiger partial charge in [0.2, 0.25) is 5.91 Å². The van der Waals surface area contributed by atoms with Crippen molar-refractivity contribution in [2.75, 3.05) is 34.4 Å². The van der Waals surface area contributed by atoms with Crippen molar-refractivity contribution >= 4 is 12.0 Å². The van der Waals surface area contributed by atoms with Crippen LogP contribution in [0, 0.1) is 0 Å². The molecule has 23 heavy (non-hydrogen) atoms. The molecule has 1 aromatic carbocycles. The highest BCUT2D eigenvalue weighted by molar-refractivity contribution is 5.92. The number of nitrogens with zero attached hydrogens (tertiary/aromatic N) is 1. The van der Waals surface area contributed by atoms with Crippen molar-refractivity contribution in [3.63, 3.8) is 0 Å². The van der Waals surface area contributed by atoms with E-state index in [0.717, 1.165) is 36.4 Å². The van der Waals surface area contributed by atoms with Crippen molar-refractivity contribution in [3.8, 4) is 11.5 Å². The SMILES string of the molecule is COC(=O)NC(=O)CN1CCC[C@@H]1c1ccc(OC)cc1OC. The number of methoxy groups -OCH3 is 3. The number of alkyl carbamates (subject to hydrolysis) is 1. The van der Waals surface area contributed by atoms with Gasteiger partial charge >= 0.3 is 6.09 Å². The lowest BCUT2D eigenvalue weighted by atomic mass is 10.0. The van der Waals surface area contributed by atoms with E-state index < -0.39 is 6.09 Å². The quantitative estimate of drug-likeness (QED) is 0.889. The Hall–Kier alpha value is -2.28. The normalized spacial score (nSPS) is 17.6. The van der Waals surface area contributed by atoms with Crippen LogP contribution >= 0.6 is 0 Å². The van der Waals surface area contributed by atoms with Gasteiger partial charge < -0.3 is 14.2 Å². The van der Waals surface area contributed by atoms with Gasteiger partial charge in [-0.15, -0.1) is 0 Å². The van der Waals surface area contributed by atoms with E-state index >= 15 is 0 Å². The first-order valence-electron chi connectivity index (χ1n) is 7.42. The lowest BCUT2D eigenvalue weighted by Gasteiger charge is -2.25. The highest BCUT2D eigenvalue weighted by atomic mass is 16.5. The van der Waals surface area contributed by atoms with Gasteiger partial charge in [-0.1, -0.05) is 6.07 Å². The van der Waals surface area contributed by atoms with Gasteiger partial charge in [0.05, 0.1) is 27.9 Å². The molecule has 0 aromatic heterocycles. The predicted molar refractivity (Wildman–Crippen MR) is 83.6 cm³/mol. The minimum absolute atomic E-state index is 0.0688. The molecule has 1 aliphatic rings. The van der Waals surface area contributed by atoms with Crippen LogP contribution in [0.1, 0.15) is 24.4 Å². The first-order valence-corrected chi connectivity index (χ1v) is 7.42. The number of amides is 2. The minimum atomic E-state index is -0.743. The molecule has 2 rings (SSSR count). The highest BCUT2D eigenvalue weighted by Gasteiger charge is 2.30. The van der Waals surface area contributed by atoms with E-state index in [1.54, 1.807) is 14.2 Å². The number of hydrogen-bond donors (Lipinski definition) is 1. The molecule has 1 atom stereocenters. The topological polar surface area (TPSA) is 77.1 Å². The monoisotopic (exact) mass is 322 g/mol. The zero-order chi connectivity index (χ0) is 16.8. The maximum absolute atomic E-state index is 11.9. The first-order chi connectivity index (χ1) is 11.1. The Labute approximate surface area is 135 Å². The number of rotatable bonds is 5. The molecule has 0 bridgehead atoms. The van der Waals surface area contributed by atoms with Crippen LogP contribution in [-0.4, -0.2) is 51.3 Å². The summed E-state index contributed by atoms with van der Waals surface area (Å²) >= 11 is 0. The fourth-order valence-electron chi connectivity index (χ4n) is 2.85. The van der Waals surface area contributed by atoms with Crippen LogP contribution in [0.3, 0.4) is 0 Å². The average Bonchev–Trinajstić information content (AvgIpc) is 3.01. The third-order valence-electron chi connectivity index (χ3n) is 3.94. The molecule has 7 heteroatoms. The van der Waals surface area contributed by atoms with Gasteiger partial charge in [0.25, 0.3) is 0 Å². The summed E-state index contributed by atoms with van der Waals surface area (Å²) < 4.78 is 15.1. The van der Waals surface area contributed by atoms with Gasteiger partial charge in [0.15, 0.2) is 0 Å². The standard InChI is InChI=1S/C16H22N2O5/c1-21-11-6-7-12(14(9-11)22-2)13-5-4-8-18(13)10-15(19)17-16(20)23-3/h6-7,9,13H,4-5,8,10H2,1-3H3,(H,17,19,20)/t13-/m1/s1. The van der Waals surface area contributed by atoms with E-state index in [-0.39, 0.29) is 18.5 Å². The molecule has 1 aliphatic heterocycles. The Bertz CT molecular complexity index is 576. The predicted octanol–water partition coefficient (Wildman–Crippen LogP) is 1.72. The first kappa shape index (κ1) is 17.1. The Morgan fingerprint density at radius 2 is 2.04 bits per heavy atom. The molecule has 1 aromatic rings. The molecule has 0 aliphatic carbocycles. The van der Waals surface area contributed by atoms with E-state index in [1.807, 2.05) is 23.1 Å². The van der Waals surface area contributed by atoms with E-state index in [0.29, 0.717) is 0 Å². The molecule has 126 valence electrons. The molecule has 0 unspecified atom stereocenters. The lowest BCUT2D eigenvalue weighted by Crippen LogP contribution is -2.39. The average molecular weight is 322 g/mol. The van der Waals surface area contributed by atoms with Gasteiger partial charge in [0.1, 0.15) is 11.5 Å². The summed E-state index contributed by atoms with van der Waals surface area (Å²) in [6.45, 7) is 0.920. The fourth-order valence-corrected chi connectivity index (χ4v) is 2.85. The van der Waals surface area contributed by atoms with Crippen LogP contribution in [0.15, 0.2) is 18.2 Å². The molecule has 1 heterocycles. The number of ether oxygens (including phenoxy) is 3. The second-order valence-electron chi connectivity index (χ2n) is 5.28. The van der Waals surface area contributed by atoms with E-state index in [1.165, 1.54) is 7.11 Å². The molecule has 1 fully saturated rings. The number of benzene rings is 1. The Morgan fingerprint density at radius 1 is 1.26 bits per heavy atom. The van der Waals surface area contributed by atoms with E-state index in [9.17, 15) is 9.59 Å². The maximum atomic E-state index is 11.9. The summed E-state index contributed by atoms with van der Waals surface area (Å²) in [6.07, 6.45) is 1.16. The lowest BCUT2D eigenvalue weighted by molar-refractivity contribution is -0.121. The second kappa shape index (κ2) is 7.82. The van der Waals surface area contributed by atoms with Crippen LogP contribution in [0.4, 0.5) is 4.79 Å². The molecule has 0 saturated carbocycles. The van der Waals surface area contributed by atoms with Gasteiger partial charge in [-0.3, -0.25) is 15.0 Å². The third kappa shape index (κ3) is 4.13. The van der Waals surface area contributed by atoms with Crippen LogP contribution in [0.2, 0.25) is 0 Å². The summed E-state index contributed by atoms with van der Waals surface area (Å²) in [5.41, 5.74) is 1.01. The molecule has 0 radical (unpaired) electrons. The summed E-state index contributed by atoms with van der Waals surface area (Å²) in [5.74, 6) is 1.07. The van der Waals surface area contributed by atoms with Crippen molar-refractivity contribution in [3.05, 3.63) is 23.8 Å². The molecule has 7 nitrogen and oxygen atoms in total. The summed E-state index contributed by atoms with van der Waals surface area (Å²) in [4.78, 5) is 25.0. The zero-order valence-electron chi connectivity index (χ0n) is 13.6. The van der Waals surface area contributed by atoms with Crippen molar-refractivity contribution in [1.29, 1.82) is 0 Å². The van der Waals surface area contributed by atoms with Crippen LogP contribution in [-0.2, 0) is 9.53 Å². The largest absolute Gasteiger partial charge is 0.497 e. The summed E-state index contributed by atoms with van der Waals surface area (Å²) in [6, 6.07) is 5.74. The van der Waals surface area contributed by atoms with Crippen molar-refractivity contribution in [1.82, 2.24) is 10.2 Å². The van der Waals surface area contributed by atoms with E-state index in [2.05, 4.69) is 10.1 Å². The smallest absolute Gasteiger partial charge is 0.413 e. The molecule has 2 amide bonds. The van der Waals surface area contributed by atoms with Gasteiger partial charge in [0, 0.05) is 17.7 Å². The molecule has 1 saturated heterocycles. The molecular formula is C16H22N2O5. The van der Waals surface area contributed by atoms with E-state index in [4.69, 9.17) is 9.47 Å². The van der Waals surface area contributed by atoms with Gasteiger partial charge in [-0.25, -0.2) is 4.79 Å². The number of likely N-dealkylation sites (tertiary alicyclic amines) is 1. The van der Waals surface area contributed by atoms with Crippen molar-refractivity contribution in [2.45, 2.75) is 18.9 Å². The number of hydrogen-bond acceptors (Lipinski definition) is 6. The van der Waals surface area contributed by atoms with Crippen LogP contribution < -0.4 is 14.8 Å². The number of nitrogens with one attached hydrogen (secondary N) is 1. The fraction of sp³-hybridized carbons (Fsp3) is 0.500. The molecule has 0 spiro atoms. The number of imide groups is 1. The summed E-state index contributed by atoms with van der Waals surface area (Å²) in [7, 11) is 4.44.